The SMILES string of the molecule is CCCc1cc(O)c(C)c(CCC)c1. The van der Waals surface area contributed by atoms with Crippen molar-refractivity contribution in [2.75, 3.05) is 0 Å². The van der Waals surface area contributed by atoms with Crippen molar-refractivity contribution in [2.24, 2.45) is 0 Å². The summed E-state index contributed by atoms with van der Waals surface area (Å²) >= 11 is 0. The molecule has 0 bridgehead atoms. The highest BCUT2D eigenvalue weighted by Crippen LogP contribution is 2.24. The van der Waals surface area contributed by atoms with E-state index in [1.165, 1.54) is 11.1 Å². The molecule has 0 atom stereocenters. The summed E-state index contributed by atoms with van der Waals surface area (Å²) in [5.74, 6) is 0.458. The predicted octanol–water partition coefficient (Wildman–Crippen LogP) is 3.61. The van der Waals surface area contributed by atoms with Gasteiger partial charge in [0.1, 0.15) is 5.75 Å². The Hall–Kier alpha value is -0.980. The Bertz CT molecular complexity index is 302. The van der Waals surface area contributed by atoms with Crippen LogP contribution in [0.25, 0.3) is 0 Å². The summed E-state index contributed by atoms with van der Waals surface area (Å²) in [6, 6.07) is 4.14. The summed E-state index contributed by atoms with van der Waals surface area (Å²) < 4.78 is 0. The third-order valence-electron chi connectivity index (χ3n) is 2.61. The Kier molecular flexibility index (Phi) is 3.99. The number of phenolic OH excluding ortho intramolecular Hbond substituents is 1. The molecule has 0 amide bonds. The van der Waals surface area contributed by atoms with Crippen molar-refractivity contribution in [1.82, 2.24) is 0 Å². The van der Waals surface area contributed by atoms with E-state index in [1.54, 1.807) is 0 Å². The van der Waals surface area contributed by atoms with Crippen LogP contribution in [0.3, 0.4) is 0 Å². The zero-order chi connectivity index (χ0) is 10.6. The van der Waals surface area contributed by atoms with Gasteiger partial charge >= 0.3 is 0 Å². The van der Waals surface area contributed by atoms with Crippen LogP contribution in [-0.2, 0) is 12.8 Å². The van der Waals surface area contributed by atoms with Crippen LogP contribution < -0.4 is 0 Å². The minimum Gasteiger partial charge on any atom is -0.508 e. The van der Waals surface area contributed by atoms with E-state index in [0.717, 1.165) is 31.2 Å². The van der Waals surface area contributed by atoms with E-state index >= 15 is 0 Å². The van der Waals surface area contributed by atoms with Crippen molar-refractivity contribution in [3.05, 3.63) is 28.8 Å². The lowest BCUT2D eigenvalue weighted by Crippen LogP contribution is -1.93. The highest BCUT2D eigenvalue weighted by Gasteiger charge is 2.05. The van der Waals surface area contributed by atoms with E-state index in [2.05, 4.69) is 19.9 Å². The van der Waals surface area contributed by atoms with Crippen molar-refractivity contribution in [1.29, 1.82) is 0 Å². The molecule has 0 aliphatic heterocycles. The van der Waals surface area contributed by atoms with Crippen LogP contribution in [0.15, 0.2) is 12.1 Å². The van der Waals surface area contributed by atoms with Crippen molar-refractivity contribution in [2.45, 2.75) is 46.5 Å². The Morgan fingerprint density at radius 2 is 1.71 bits per heavy atom. The summed E-state index contributed by atoms with van der Waals surface area (Å²) in [7, 11) is 0. The van der Waals surface area contributed by atoms with E-state index in [0.29, 0.717) is 5.75 Å². The molecule has 0 heterocycles. The molecule has 0 aliphatic rings. The van der Waals surface area contributed by atoms with Gasteiger partial charge in [0.25, 0.3) is 0 Å². The maximum Gasteiger partial charge on any atom is 0.119 e. The van der Waals surface area contributed by atoms with Crippen LogP contribution in [0.1, 0.15) is 43.4 Å². The number of phenols is 1. The lowest BCUT2D eigenvalue weighted by atomic mass is 9.98. The monoisotopic (exact) mass is 192 g/mol. The first-order chi connectivity index (χ1) is 6.69. The number of aromatic hydroxyl groups is 1. The molecule has 0 saturated heterocycles. The average Bonchev–Trinajstić information content (AvgIpc) is 2.14. The van der Waals surface area contributed by atoms with E-state index < -0.39 is 0 Å². The van der Waals surface area contributed by atoms with Gasteiger partial charge in [0.05, 0.1) is 0 Å². The molecule has 0 radical (unpaired) electrons. The first-order valence-corrected chi connectivity index (χ1v) is 5.50. The molecule has 78 valence electrons. The van der Waals surface area contributed by atoms with Gasteiger partial charge in [-0.3, -0.25) is 0 Å². The number of aryl methyl sites for hydroxylation is 2. The number of hydrogen-bond acceptors (Lipinski definition) is 1. The van der Waals surface area contributed by atoms with Gasteiger partial charge in [0.15, 0.2) is 0 Å². The van der Waals surface area contributed by atoms with E-state index in [-0.39, 0.29) is 0 Å². The molecule has 0 spiro atoms. The van der Waals surface area contributed by atoms with Crippen LogP contribution in [0.2, 0.25) is 0 Å². The number of benzene rings is 1. The van der Waals surface area contributed by atoms with Crippen LogP contribution in [0.5, 0.6) is 5.75 Å². The minimum atomic E-state index is 0.458. The molecule has 1 rings (SSSR count). The molecular formula is C13H20O. The van der Waals surface area contributed by atoms with Gasteiger partial charge in [-0.1, -0.05) is 32.8 Å². The first-order valence-electron chi connectivity index (χ1n) is 5.50. The maximum atomic E-state index is 9.73. The lowest BCUT2D eigenvalue weighted by Gasteiger charge is -2.09. The van der Waals surface area contributed by atoms with Gasteiger partial charge in [-0.15, -0.1) is 0 Å². The van der Waals surface area contributed by atoms with Gasteiger partial charge in [-0.25, -0.2) is 0 Å². The molecule has 14 heavy (non-hydrogen) atoms. The molecule has 0 aromatic heterocycles. The highest BCUT2D eigenvalue weighted by molar-refractivity contribution is 5.42. The fraction of sp³-hybridized carbons (Fsp3) is 0.538. The highest BCUT2D eigenvalue weighted by atomic mass is 16.3. The van der Waals surface area contributed by atoms with Gasteiger partial charge in [-0.05, 0) is 42.5 Å². The topological polar surface area (TPSA) is 20.2 Å². The smallest absolute Gasteiger partial charge is 0.119 e. The second kappa shape index (κ2) is 5.04. The Morgan fingerprint density at radius 3 is 2.29 bits per heavy atom. The van der Waals surface area contributed by atoms with Crippen molar-refractivity contribution in [3.8, 4) is 5.75 Å². The first kappa shape index (κ1) is 11.1. The normalized spacial score (nSPS) is 10.5. The molecule has 0 aliphatic carbocycles. The zero-order valence-electron chi connectivity index (χ0n) is 9.43. The molecule has 1 N–H and O–H groups in total. The summed E-state index contributed by atoms with van der Waals surface area (Å²) in [4.78, 5) is 0. The Morgan fingerprint density at radius 1 is 1.07 bits per heavy atom. The second-order valence-corrected chi connectivity index (χ2v) is 3.90. The molecule has 1 heteroatoms. The van der Waals surface area contributed by atoms with Crippen LogP contribution in [0.4, 0.5) is 0 Å². The number of rotatable bonds is 4. The predicted molar refractivity (Wildman–Crippen MR) is 60.8 cm³/mol. The van der Waals surface area contributed by atoms with Crippen molar-refractivity contribution < 1.29 is 5.11 Å². The lowest BCUT2D eigenvalue weighted by molar-refractivity contribution is 0.469. The Balaban J connectivity index is 3.01. The summed E-state index contributed by atoms with van der Waals surface area (Å²) in [5.41, 5.74) is 3.61. The Labute approximate surface area is 86.8 Å². The minimum absolute atomic E-state index is 0.458. The maximum absolute atomic E-state index is 9.73. The quantitative estimate of drug-likeness (QED) is 0.772. The van der Waals surface area contributed by atoms with Crippen molar-refractivity contribution >= 4 is 0 Å². The van der Waals surface area contributed by atoms with Crippen LogP contribution in [0, 0.1) is 6.92 Å². The molecular weight excluding hydrogens is 172 g/mol. The standard InChI is InChI=1S/C13H20O/c1-4-6-11-8-12(7-5-2)10(3)13(14)9-11/h8-9,14H,4-7H2,1-3H3. The summed E-state index contributed by atoms with van der Waals surface area (Å²) in [6.07, 6.45) is 4.39. The summed E-state index contributed by atoms with van der Waals surface area (Å²) in [5, 5.41) is 9.73. The summed E-state index contributed by atoms with van der Waals surface area (Å²) in [6.45, 7) is 6.33. The van der Waals surface area contributed by atoms with E-state index in [4.69, 9.17) is 0 Å². The average molecular weight is 192 g/mol. The van der Waals surface area contributed by atoms with Crippen molar-refractivity contribution in [3.63, 3.8) is 0 Å². The van der Waals surface area contributed by atoms with Gasteiger partial charge < -0.3 is 5.11 Å². The molecule has 0 saturated carbocycles. The van der Waals surface area contributed by atoms with Crippen LogP contribution in [-0.4, -0.2) is 5.11 Å². The van der Waals surface area contributed by atoms with E-state index in [9.17, 15) is 5.11 Å². The van der Waals surface area contributed by atoms with Crippen LogP contribution >= 0.6 is 0 Å². The van der Waals surface area contributed by atoms with E-state index in [1.807, 2.05) is 13.0 Å². The van der Waals surface area contributed by atoms with Gasteiger partial charge in [0, 0.05) is 0 Å². The largest absolute Gasteiger partial charge is 0.508 e. The molecule has 1 aromatic rings. The zero-order valence-corrected chi connectivity index (χ0v) is 9.43. The third kappa shape index (κ3) is 2.50. The number of hydrogen-bond donors (Lipinski definition) is 1. The second-order valence-electron chi connectivity index (χ2n) is 3.90. The molecule has 0 fully saturated rings. The fourth-order valence-electron chi connectivity index (χ4n) is 1.78. The fourth-order valence-corrected chi connectivity index (χ4v) is 1.78. The molecule has 0 unspecified atom stereocenters. The van der Waals surface area contributed by atoms with Gasteiger partial charge in [0.2, 0.25) is 0 Å². The third-order valence-corrected chi connectivity index (χ3v) is 2.61. The molecule has 1 aromatic carbocycles. The van der Waals surface area contributed by atoms with Gasteiger partial charge in [-0.2, -0.15) is 0 Å². The molecule has 1 nitrogen and oxygen atoms in total.